The van der Waals surface area contributed by atoms with E-state index in [9.17, 15) is 18.5 Å². The molecule has 0 aliphatic rings. The molecule has 0 atom stereocenters. The average molecular weight is 437 g/mol. The number of para-hydroxylation sites is 1. The molecule has 0 unspecified atom stereocenters. The highest BCUT2D eigenvalue weighted by Gasteiger charge is 2.18. The van der Waals surface area contributed by atoms with Crippen LogP contribution in [0, 0.1) is 10.1 Å². The average Bonchev–Trinajstić information content (AvgIpc) is 3.06. The summed E-state index contributed by atoms with van der Waals surface area (Å²) in [6.07, 6.45) is 1.55. The van der Waals surface area contributed by atoms with Gasteiger partial charge in [0.15, 0.2) is 0 Å². The van der Waals surface area contributed by atoms with Crippen LogP contribution in [0.3, 0.4) is 0 Å². The van der Waals surface area contributed by atoms with Crippen LogP contribution in [-0.4, -0.2) is 24.1 Å². The van der Waals surface area contributed by atoms with Crippen molar-refractivity contribution < 1.29 is 13.3 Å². The molecule has 4 aromatic rings. The number of anilines is 1. The highest BCUT2D eigenvalue weighted by atomic mass is 32.2. The minimum atomic E-state index is -4.05. The second kappa shape index (κ2) is 7.82. The van der Waals surface area contributed by atoms with E-state index in [1.807, 2.05) is 30.3 Å². The number of nitro groups is 1. The lowest BCUT2D eigenvalue weighted by Gasteiger charge is -2.04. The number of fused-ring (bicyclic) bond motifs is 3. The monoisotopic (exact) mass is 437 g/mol. The summed E-state index contributed by atoms with van der Waals surface area (Å²) in [6.45, 7) is 2.94. The third kappa shape index (κ3) is 3.86. The topological polar surface area (TPSA) is 133 Å². The number of rotatable bonds is 6. The van der Waals surface area contributed by atoms with E-state index in [2.05, 4.69) is 34.2 Å². The van der Waals surface area contributed by atoms with Crippen molar-refractivity contribution in [2.24, 2.45) is 10.2 Å². The fraction of sp³-hybridized carbons (Fsp3) is 0.0952. The molecule has 9 nitrogen and oxygen atoms in total. The predicted molar refractivity (Wildman–Crippen MR) is 121 cm³/mol. The van der Waals surface area contributed by atoms with E-state index in [-0.39, 0.29) is 10.6 Å². The van der Waals surface area contributed by atoms with Gasteiger partial charge in [0.2, 0.25) is 10.0 Å². The molecule has 0 spiro atoms. The van der Waals surface area contributed by atoms with E-state index in [0.717, 1.165) is 40.0 Å². The predicted octanol–water partition coefficient (Wildman–Crippen LogP) is 3.82. The van der Waals surface area contributed by atoms with Crippen molar-refractivity contribution in [3.8, 4) is 0 Å². The number of nitrogens with zero attached hydrogens (tertiary/aromatic N) is 3. The fourth-order valence-electron chi connectivity index (χ4n) is 3.60. The first kappa shape index (κ1) is 20.5. The molecule has 1 aromatic heterocycles. The Balaban J connectivity index is 1.67. The summed E-state index contributed by atoms with van der Waals surface area (Å²) < 4.78 is 25.1. The molecule has 0 saturated heterocycles. The van der Waals surface area contributed by atoms with Crippen molar-refractivity contribution >= 4 is 49.4 Å². The Hall–Kier alpha value is -3.76. The Morgan fingerprint density at radius 1 is 1.10 bits per heavy atom. The van der Waals surface area contributed by atoms with E-state index in [1.54, 1.807) is 6.21 Å². The number of nitrogens with two attached hydrogens (primary N) is 1. The Bertz CT molecular complexity index is 1460. The lowest BCUT2D eigenvalue weighted by molar-refractivity contribution is -0.384. The van der Waals surface area contributed by atoms with Gasteiger partial charge in [0.1, 0.15) is 5.69 Å². The summed E-state index contributed by atoms with van der Waals surface area (Å²) >= 11 is 0. The van der Waals surface area contributed by atoms with Gasteiger partial charge in [-0.15, -0.1) is 0 Å². The first-order chi connectivity index (χ1) is 14.8. The van der Waals surface area contributed by atoms with Crippen LogP contribution in [0.4, 0.5) is 11.4 Å². The zero-order valence-electron chi connectivity index (χ0n) is 16.5. The smallest absolute Gasteiger partial charge is 0.295 e. The van der Waals surface area contributed by atoms with E-state index in [0.29, 0.717) is 0 Å². The van der Waals surface area contributed by atoms with E-state index in [1.165, 1.54) is 12.1 Å². The zero-order valence-corrected chi connectivity index (χ0v) is 17.3. The number of primary sulfonamides is 1. The minimum Gasteiger partial charge on any atom is -0.341 e. The van der Waals surface area contributed by atoms with Gasteiger partial charge in [0, 0.05) is 34.4 Å². The number of hydrogen-bond acceptors (Lipinski definition) is 6. The highest BCUT2D eigenvalue weighted by molar-refractivity contribution is 7.89. The zero-order chi connectivity index (χ0) is 22.2. The minimum absolute atomic E-state index is 0.0531. The summed E-state index contributed by atoms with van der Waals surface area (Å²) in [5.74, 6) is 0. The normalized spacial score (nSPS) is 12.1. The molecule has 0 aliphatic heterocycles. The number of aromatic nitrogens is 1. The lowest BCUT2D eigenvalue weighted by atomic mass is 10.1. The van der Waals surface area contributed by atoms with Crippen LogP contribution in [0.25, 0.3) is 21.8 Å². The maximum Gasteiger partial charge on any atom is 0.295 e. The van der Waals surface area contributed by atoms with E-state index < -0.39 is 20.6 Å². The SMILES string of the molecule is CCn1c2ccccc2c2cc(/C=N/Nc3ccc(S(N)(=O)=O)cc3[N+](=O)[O-])ccc21. The first-order valence-corrected chi connectivity index (χ1v) is 11.0. The molecule has 0 radical (unpaired) electrons. The summed E-state index contributed by atoms with van der Waals surface area (Å²) in [6, 6.07) is 17.4. The third-order valence-corrected chi connectivity index (χ3v) is 5.92. The molecule has 158 valence electrons. The van der Waals surface area contributed by atoms with Crippen molar-refractivity contribution in [1.82, 2.24) is 4.57 Å². The van der Waals surface area contributed by atoms with Crippen molar-refractivity contribution in [2.75, 3.05) is 5.43 Å². The number of nitro benzene ring substituents is 1. The Kier molecular flexibility index (Phi) is 5.17. The van der Waals surface area contributed by atoms with Gasteiger partial charge >= 0.3 is 0 Å². The van der Waals surface area contributed by atoms with Crippen LogP contribution in [0.5, 0.6) is 0 Å². The Labute approximate surface area is 178 Å². The molecule has 31 heavy (non-hydrogen) atoms. The largest absolute Gasteiger partial charge is 0.341 e. The van der Waals surface area contributed by atoms with Crippen molar-refractivity contribution in [3.05, 3.63) is 76.3 Å². The molecule has 3 aromatic carbocycles. The number of nitrogens with one attached hydrogen (secondary N) is 1. The first-order valence-electron chi connectivity index (χ1n) is 9.41. The Morgan fingerprint density at radius 3 is 2.55 bits per heavy atom. The molecule has 4 rings (SSSR count). The standard InChI is InChI=1S/C21H19N5O4S/c1-2-25-19-6-4-3-5-16(19)17-11-14(7-10-20(17)25)13-23-24-18-9-8-15(31(22,29)30)12-21(18)26(27)28/h3-13,24H,2H2,1H3,(H2,22,29,30)/b23-13+. The summed E-state index contributed by atoms with van der Waals surface area (Å²) in [7, 11) is -4.05. The number of sulfonamides is 1. The molecular formula is C21H19N5O4S. The number of hydrazone groups is 1. The molecule has 0 bridgehead atoms. The highest BCUT2D eigenvalue weighted by Crippen LogP contribution is 2.30. The quantitative estimate of drug-likeness (QED) is 0.269. The van der Waals surface area contributed by atoms with Gasteiger partial charge in [-0.2, -0.15) is 5.10 Å². The molecule has 0 amide bonds. The van der Waals surface area contributed by atoms with Crippen LogP contribution in [-0.2, 0) is 16.6 Å². The fourth-order valence-corrected chi connectivity index (χ4v) is 4.14. The van der Waals surface area contributed by atoms with Crippen molar-refractivity contribution in [1.29, 1.82) is 0 Å². The Morgan fingerprint density at radius 2 is 1.84 bits per heavy atom. The molecule has 0 fully saturated rings. The lowest BCUT2D eigenvalue weighted by Crippen LogP contribution is -2.12. The maximum absolute atomic E-state index is 11.4. The van der Waals surface area contributed by atoms with Crippen molar-refractivity contribution in [3.63, 3.8) is 0 Å². The van der Waals surface area contributed by atoms with Crippen LogP contribution < -0.4 is 10.6 Å². The van der Waals surface area contributed by atoms with Gasteiger partial charge in [-0.25, -0.2) is 13.6 Å². The van der Waals surface area contributed by atoms with Gasteiger partial charge in [0.25, 0.3) is 5.69 Å². The van der Waals surface area contributed by atoms with Gasteiger partial charge < -0.3 is 4.57 Å². The third-order valence-electron chi connectivity index (χ3n) is 5.01. The molecule has 0 aliphatic carbocycles. The van der Waals surface area contributed by atoms with Crippen LogP contribution in [0.1, 0.15) is 12.5 Å². The molecule has 10 heteroatoms. The van der Waals surface area contributed by atoms with Gasteiger partial charge in [-0.05, 0) is 42.8 Å². The van der Waals surface area contributed by atoms with E-state index >= 15 is 0 Å². The molecule has 1 heterocycles. The van der Waals surface area contributed by atoms with E-state index in [4.69, 9.17) is 5.14 Å². The summed E-state index contributed by atoms with van der Waals surface area (Å²) in [5.41, 5.74) is 5.30. The van der Waals surface area contributed by atoms with Crippen LogP contribution in [0.15, 0.2) is 70.7 Å². The summed E-state index contributed by atoms with van der Waals surface area (Å²) in [5, 5.41) is 22.7. The number of benzene rings is 3. The van der Waals surface area contributed by atoms with Crippen molar-refractivity contribution in [2.45, 2.75) is 18.4 Å². The molecular weight excluding hydrogens is 418 g/mol. The van der Waals surface area contributed by atoms with Gasteiger partial charge in [-0.1, -0.05) is 24.3 Å². The number of hydrogen-bond donors (Lipinski definition) is 2. The molecule has 0 saturated carbocycles. The van der Waals surface area contributed by atoms with Crippen LogP contribution >= 0.6 is 0 Å². The van der Waals surface area contributed by atoms with Gasteiger partial charge in [-0.3, -0.25) is 15.5 Å². The van der Waals surface area contributed by atoms with Crippen LogP contribution in [0.2, 0.25) is 0 Å². The molecule has 3 N–H and O–H groups in total. The second-order valence-electron chi connectivity index (χ2n) is 6.89. The van der Waals surface area contributed by atoms with Gasteiger partial charge in [0.05, 0.1) is 16.0 Å². The number of aryl methyl sites for hydroxylation is 1. The second-order valence-corrected chi connectivity index (χ2v) is 8.45. The maximum atomic E-state index is 11.4. The summed E-state index contributed by atoms with van der Waals surface area (Å²) in [4.78, 5) is 10.3.